The first-order valence-corrected chi connectivity index (χ1v) is 8.75. The van der Waals surface area contributed by atoms with Crippen LogP contribution >= 0.6 is 22.9 Å². The van der Waals surface area contributed by atoms with E-state index in [1.54, 1.807) is 0 Å². The van der Waals surface area contributed by atoms with E-state index >= 15 is 0 Å². The van der Waals surface area contributed by atoms with Gasteiger partial charge >= 0.3 is 0 Å². The van der Waals surface area contributed by atoms with Crippen LogP contribution in [0.1, 0.15) is 20.3 Å². The maximum absolute atomic E-state index is 12.4. The van der Waals surface area contributed by atoms with E-state index in [0.29, 0.717) is 19.5 Å². The fraction of sp³-hybridized carbons (Fsp3) is 0.700. The molecular formula is C10H15ClN4O3S2. The van der Waals surface area contributed by atoms with Gasteiger partial charge in [-0.05, 0) is 12.3 Å². The maximum Gasteiger partial charge on any atom is 0.272 e. The van der Waals surface area contributed by atoms with Crippen molar-refractivity contribution in [2.45, 2.75) is 30.0 Å². The van der Waals surface area contributed by atoms with Gasteiger partial charge in [-0.25, -0.2) is 8.42 Å². The normalized spacial score (nSPS) is 24.6. The fourth-order valence-electron chi connectivity index (χ4n) is 1.92. The number of halogens is 1. The number of aromatic nitrogens is 2. The molecule has 0 aliphatic carbocycles. The molecule has 0 aromatic carbocycles. The standard InChI is InChI=1S/C10H15ClN4O3S2/c1-6-5-15(4-3-8(6)11)20(17,18)10-14-13-9(19-10)12-7(2)16/h6,8H,3-5H2,1-2H3,(H,12,13,16). The molecule has 2 unspecified atom stereocenters. The molecule has 1 amide bonds. The highest BCUT2D eigenvalue weighted by Crippen LogP contribution is 2.29. The maximum atomic E-state index is 12.4. The first-order valence-electron chi connectivity index (χ1n) is 6.06. The summed E-state index contributed by atoms with van der Waals surface area (Å²) in [5.41, 5.74) is 0. The summed E-state index contributed by atoms with van der Waals surface area (Å²) in [6, 6.07) is 0. The predicted molar refractivity (Wildman–Crippen MR) is 76.4 cm³/mol. The molecule has 2 heterocycles. The van der Waals surface area contributed by atoms with Crippen LogP contribution in [0.2, 0.25) is 0 Å². The monoisotopic (exact) mass is 338 g/mol. The molecule has 20 heavy (non-hydrogen) atoms. The van der Waals surface area contributed by atoms with Crippen molar-refractivity contribution in [2.75, 3.05) is 18.4 Å². The first-order chi connectivity index (χ1) is 9.30. The summed E-state index contributed by atoms with van der Waals surface area (Å²) >= 11 is 6.94. The Morgan fingerprint density at radius 3 is 2.80 bits per heavy atom. The number of hydrogen-bond acceptors (Lipinski definition) is 6. The molecule has 10 heteroatoms. The Bertz CT molecular complexity index is 603. The lowest BCUT2D eigenvalue weighted by Gasteiger charge is -2.32. The molecule has 1 aromatic rings. The van der Waals surface area contributed by atoms with Crippen molar-refractivity contribution in [2.24, 2.45) is 5.92 Å². The van der Waals surface area contributed by atoms with E-state index < -0.39 is 10.0 Å². The molecule has 1 N–H and O–H groups in total. The summed E-state index contributed by atoms with van der Waals surface area (Å²) in [4.78, 5) is 10.9. The number of carbonyl (C=O) groups is 1. The van der Waals surface area contributed by atoms with Gasteiger partial charge in [0.2, 0.25) is 15.4 Å². The topological polar surface area (TPSA) is 92.3 Å². The number of carbonyl (C=O) groups excluding carboxylic acids is 1. The zero-order valence-electron chi connectivity index (χ0n) is 11.0. The van der Waals surface area contributed by atoms with Crippen molar-refractivity contribution in [3.05, 3.63) is 0 Å². The van der Waals surface area contributed by atoms with Crippen molar-refractivity contribution in [3.8, 4) is 0 Å². The Morgan fingerprint density at radius 1 is 1.50 bits per heavy atom. The zero-order chi connectivity index (χ0) is 14.9. The van der Waals surface area contributed by atoms with E-state index in [1.807, 2.05) is 6.92 Å². The molecule has 1 aliphatic heterocycles. The van der Waals surface area contributed by atoms with Crippen LogP contribution < -0.4 is 5.32 Å². The smallest absolute Gasteiger partial charge is 0.272 e. The van der Waals surface area contributed by atoms with Crippen LogP contribution in [0.5, 0.6) is 0 Å². The van der Waals surface area contributed by atoms with Crippen LogP contribution in [-0.2, 0) is 14.8 Å². The molecule has 1 aromatic heterocycles. The second-order valence-corrected chi connectivity index (χ2v) is 8.35. The van der Waals surface area contributed by atoms with Crippen LogP contribution in [-0.4, -0.2) is 47.3 Å². The molecule has 1 fully saturated rings. The summed E-state index contributed by atoms with van der Waals surface area (Å²) in [6.07, 6.45) is 0.610. The van der Waals surface area contributed by atoms with E-state index in [-0.39, 0.29) is 26.7 Å². The van der Waals surface area contributed by atoms with Gasteiger partial charge in [-0.15, -0.1) is 21.8 Å². The number of anilines is 1. The van der Waals surface area contributed by atoms with E-state index in [2.05, 4.69) is 15.5 Å². The number of nitrogens with one attached hydrogen (secondary N) is 1. The Morgan fingerprint density at radius 2 is 2.20 bits per heavy atom. The Labute approximate surface area is 126 Å². The van der Waals surface area contributed by atoms with E-state index in [1.165, 1.54) is 11.2 Å². The average Bonchev–Trinajstić information content (AvgIpc) is 2.80. The number of amides is 1. The summed E-state index contributed by atoms with van der Waals surface area (Å²) in [7, 11) is -3.67. The lowest BCUT2D eigenvalue weighted by Crippen LogP contribution is -2.43. The molecule has 2 rings (SSSR count). The molecule has 0 spiro atoms. The molecule has 1 aliphatic rings. The number of nitrogens with zero attached hydrogens (tertiary/aromatic N) is 3. The number of rotatable bonds is 3. The summed E-state index contributed by atoms with van der Waals surface area (Å²) in [5, 5.41) is 9.89. The van der Waals surface area contributed by atoms with Gasteiger partial charge < -0.3 is 5.32 Å². The van der Waals surface area contributed by atoms with E-state index in [9.17, 15) is 13.2 Å². The lowest BCUT2D eigenvalue weighted by molar-refractivity contribution is -0.114. The summed E-state index contributed by atoms with van der Waals surface area (Å²) in [5.74, 6) is -0.232. The zero-order valence-corrected chi connectivity index (χ0v) is 13.4. The van der Waals surface area contributed by atoms with Crippen LogP contribution in [0, 0.1) is 5.92 Å². The Balaban J connectivity index is 2.18. The van der Waals surface area contributed by atoms with Crippen molar-refractivity contribution in [1.82, 2.24) is 14.5 Å². The summed E-state index contributed by atoms with van der Waals surface area (Å²) in [6.45, 7) is 3.98. The minimum atomic E-state index is -3.67. The largest absolute Gasteiger partial charge is 0.301 e. The SMILES string of the molecule is CC(=O)Nc1nnc(S(=O)(=O)N2CCC(Cl)C(C)C2)s1. The highest BCUT2D eigenvalue weighted by atomic mass is 35.5. The number of sulfonamides is 1. The van der Waals surface area contributed by atoms with Gasteiger partial charge in [0, 0.05) is 25.4 Å². The minimum absolute atomic E-state index is 0.00851. The van der Waals surface area contributed by atoms with Gasteiger partial charge in [-0.3, -0.25) is 4.79 Å². The second-order valence-electron chi connectivity index (χ2n) is 4.70. The van der Waals surface area contributed by atoms with Gasteiger partial charge in [-0.1, -0.05) is 18.3 Å². The average molecular weight is 339 g/mol. The quantitative estimate of drug-likeness (QED) is 0.659. The molecule has 0 bridgehead atoms. The fourth-order valence-corrected chi connectivity index (χ4v) is 4.74. The third-order valence-corrected chi connectivity index (χ3v) is 6.71. The third-order valence-electron chi connectivity index (χ3n) is 3.01. The van der Waals surface area contributed by atoms with Crippen LogP contribution in [0.3, 0.4) is 0 Å². The number of alkyl halides is 1. The van der Waals surface area contributed by atoms with Gasteiger partial charge in [-0.2, -0.15) is 4.31 Å². The van der Waals surface area contributed by atoms with Crippen LogP contribution in [0.25, 0.3) is 0 Å². The molecule has 112 valence electrons. The Hall–Kier alpha value is -0.770. The molecular weight excluding hydrogens is 324 g/mol. The third kappa shape index (κ3) is 3.27. The number of piperidine rings is 1. The minimum Gasteiger partial charge on any atom is -0.301 e. The first kappa shape index (κ1) is 15.6. The number of hydrogen-bond donors (Lipinski definition) is 1. The molecule has 0 saturated carbocycles. The van der Waals surface area contributed by atoms with E-state index in [4.69, 9.17) is 11.6 Å². The van der Waals surface area contributed by atoms with Crippen molar-refractivity contribution >= 4 is 44.0 Å². The van der Waals surface area contributed by atoms with Crippen LogP contribution in [0.15, 0.2) is 4.34 Å². The van der Waals surface area contributed by atoms with Gasteiger partial charge in [0.05, 0.1) is 0 Å². The van der Waals surface area contributed by atoms with Crippen molar-refractivity contribution in [3.63, 3.8) is 0 Å². The molecule has 2 atom stereocenters. The second kappa shape index (κ2) is 5.92. The molecule has 1 saturated heterocycles. The predicted octanol–water partition coefficient (Wildman–Crippen LogP) is 1.13. The molecule has 7 nitrogen and oxygen atoms in total. The highest BCUT2D eigenvalue weighted by Gasteiger charge is 2.34. The van der Waals surface area contributed by atoms with Gasteiger partial charge in [0.15, 0.2) is 0 Å². The van der Waals surface area contributed by atoms with Crippen LogP contribution in [0.4, 0.5) is 5.13 Å². The summed E-state index contributed by atoms with van der Waals surface area (Å²) < 4.78 is 26.1. The van der Waals surface area contributed by atoms with Crippen molar-refractivity contribution in [1.29, 1.82) is 0 Å². The van der Waals surface area contributed by atoms with Gasteiger partial charge in [0.25, 0.3) is 10.0 Å². The van der Waals surface area contributed by atoms with Gasteiger partial charge in [0.1, 0.15) is 0 Å². The lowest BCUT2D eigenvalue weighted by atomic mass is 10.0. The van der Waals surface area contributed by atoms with E-state index in [0.717, 1.165) is 11.3 Å². The highest BCUT2D eigenvalue weighted by molar-refractivity contribution is 7.91. The Kier molecular flexibility index (Phi) is 4.62. The molecule has 0 radical (unpaired) electrons. The van der Waals surface area contributed by atoms with Crippen molar-refractivity contribution < 1.29 is 13.2 Å².